The fraction of sp³-hybridized carbons (Fsp3) is 0.474. The predicted molar refractivity (Wildman–Crippen MR) is 94.9 cm³/mol. The third-order valence-electron chi connectivity index (χ3n) is 4.81. The van der Waals surface area contributed by atoms with Gasteiger partial charge < -0.3 is 11.1 Å². The quantitative estimate of drug-likeness (QED) is 0.824. The normalized spacial score (nSPS) is 18.0. The number of halogens is 3. The molecule has 5 nitrogen and oxygen atoms in total. The van der Waals surface area contributed by atoms with Gasteiger partial charge in [-0.2, -0.15) is 18.3 Å². The van der Waals surface area contributed by atoms with E-state index in [9.17, 15) is 18.0 Å². The molecular formula is C19H23F3N4O. The topological polar surface area (TPSA) is 72.9 Å². The van der Waals surface area contributed by atoms with Gasteiger partial charge in [0, 0.05) is 12.6 Å². The number of fused-ring (bicyclic) bond motifs is 1. The standard InChI is InChI=1S/C19H23F3N4O/c1-2-5-15(12-6-3-7-13(10-12)19(20,21)22)24-18(27)16-11-17-14(23)8-4-9-26(17)25-16/h3,6-7,10-11,14-15H,2,4-5,8-9,23H2,1H3,(H,24,27). The third kappa shape index (κ3) is 4.32. The Bertz CT molecular complexity index is 816. The molecule has 1 aromatic carbocycles. The van der Waals surface area contributed by atoms with Crippen molar-refractivity contribution in [1.82, 2.24) is 15.1 Å². The molecule has 1 amide bonds. The van der Waals surface area contributed by atoms with Gasteiger partial charge in [-0.1, -0.05) is 25.5 Å². The number of aromatic nitrogens is 2. The summed E-state index contributed by atoms with van der Waals surface area (Å²) >= 11 is 0. The van der Waals surface area contributed by atoms with Gasteiger partial charge in [-0.3, -0.25) is 9.48 Å². The lowest BCUT2D eigenvalue weighted by Crippen LogP contribution is -2.29. The second-order valence-corrected chi connectivity index (χ2v) is 6.86. The van der Waals surface area contributed by atoms with Gasteiger partial charge in [0.2, 0.25) is 0 Å². The maximum absolute atomic E-state index is 13.0. The molecule has 0 aliphatic carbocycles. The maximum atomic E-state index is 13.0. The molecule has 2 unspecified atom stereocenters. The van der Waals surface area contributed by atoms with Crippen LogP contribution in [-0.2, 0) is 12.7 Å². The van der Waals surface area contributed by atoms with Gasteiger partial charge in [-0.25, -0.2) is 0 Å². The molecule has 1 aromatic heterocycles. The largest absolute Gasteiger partial charge is 0.416 e. The van der Waals surface area contributed by atoms with E-state index in [2.05, 4.69) is 10.4 Å². The van der Waals surface area contributed by atoms with Crippen molar-refractivity contribution < 1.29 is 18.0 Å². The number of nitrogens with one attached hydrogen (secondary N) is 1. The van der Waals surface area contributed by atoms with Gasteiger partial charge in [0.15, 0.2) is 5.69 Å². The first kappa shape index (κ1) is 19.4. The Morgan fingerprint density at radius 1 is 1.41 bits per heavy atom. The molecule has 3 rings (SSSR count). The number of nitrogens with zero attached hydrogens (tertiary/aromatic N) is 2. The third-order valence-corrected chi connectivity index (χ3v) is 4.81. The van der Waals surface area contributed by atoms with E-state index < -0.39 is 23.7 Å². The molecular weight excluding hydrogens is 357 g/mol. The minimum atomic E-state index is -4.42. The zero-order chi connectivity index (χ0) is 19.6. The Balaban J connectivity index is 1.81. The van der Waals surface area contributed by atoms with Crippen LogP contribution in [0.4, 0.5) is 13.2 Å². The molecule has 8 heteroatoms. The van der Waals surface area contributed by atoms with E-state index in [1.165, 1.54) is 6.07 Å². The van der Waals surface area contributed by atoms with Crippen LogP contribution < -0.4 is 11.1 Å². The van der Waals surface area contributed by atoms with Crippen LogP contribution >= 0.6 is 0 Å². The van der Waals surface area contributed by atoms with Gasteiger partial charge in [0.05, 0.1) is 17.3 Å². The first-order valence-corrected chi connectivity index (χ1v) is 9.11. The van der Waals surface area contributed by atoms with E-state index in [0.717, 1.165) is 30.7 Å². The van der Waals surface area contributed by atoms with E-state index in [1.807, 2.05) is 6.92 Å². The number of alkyl halides is 3. The molecule has 1 aliphatic rings. The SMILES string of the molecule is CCCC(NC(=O)c1cc2n(n1)CCCC2N)c1cccc(C(F)(F)F)c1. The van der Waals surface area contributed by atoms with Crippen molar-refractivity contribution in [2.75, 3.05) is 0 Å². The van der Waals surface area contributed by atoms with Crippen LogP contribution in [0.3, 0.4) is 0 Å². The number of benzene rings is 1. The Hall–Kier alpha value is -2.35. The van der Waals surface area contributed by atoms with E-state index in [0.29, 0.717) is 24.9 Å². The highest BCUT2D eigenvalue weighted by Crippen LogP contribution is 2.31. The fourth-order valence-corrected chi connectivity index (χ4v) is 3.40. The van der Waals surface area contributed by atoms with E-state index in [-0.39, 0.29) is 11.7 Å². The van der Waals surface area contributed by atoms with Gasteiger partial charge in [-0.15, -0.1) is 0 Å². The van der Waals surface area contributed by atoms with Crippen LogP contribution in [0.2, 0.25) is 0 Å². The molecule has 2 heterocycles. The first-order chi connectivity index (χ1) is 12.8. The molecule has 0 saturated carbocycles. The summed E-state index contributed by atoms with van der Waals surface area (Å²) in [7, 11) is 0. The number of carbonyl (C=O) groups excluding carboxylic acids is 1. The number of aryl methyl sites for hydroxylation is 1. The zero-order valence-corrected chi connectivity index (χ0v) is 15.1. The number of hydrogen-bond donors (Lipinski definition) is 2. The summed E-state index contributed by atoms with van der Waals surface area (Å²) < 4.78 is 40.7. The second kappa shape index (κ2) is 7.72. The van der Waals surface area contributed by atoms with Crippen LogP contribution in [0.1, 0.15) is 72.0 Å². The van der Waals surface area contributed by atoms with Crippen molar-refractivity contribution in [3.05, 3.63) is 52.8 Å². The summed E-state index contributed by atoms with van der Waals surface area (Å²) in [5.74, 6) is -0.403. The number of carbonyl (C=O) groups is 1. The maximum Gasteiger partial charge on any atom is 0.416 e. The minimum absolute atomic E-state index is 0.150. The average Bonchev–Trinajstić information content (AvgIpc) is 3.06. The summed E-state index contributed by atoms with van der Waals surface area (Å²) in [5.41, 5.74) is 6.83. The highest BCUT2D eigenvalue weighted by atomic mass is 19.4. The number of hydrogen-bond acceptors (Lipinski definition) is 3. The van der Waals surface area contributed by atoms with Crippen LogP contribution in [-0.4, -0.2) is 15.7 Å². The van der Waals surface area contributed by atoms with Gasteiger partial charge in [0.1, 0.15) is 0 Å². The second-order valence-electron chi connectivity index (χ2n) is 6.86. The summed E-state index contributed by atoms with van der Waals surface area (Å²) in [6.45, 7) is 2.63. The lowest BCUT2D eigenvalue weighted by molar-refractivity contribution is -0.137. The monoisotopic (exact) mass is 380 g/mol. The average molecular weight is 380 g/mol. The molecule has 0 spiro atoms. The first-order valence-electron chi connectivity index (χ1n) is 9.11. The highest BCUT2D eigenvalue weighted by molar-refractivity contribution is 5.92. The van der Waals surface area contributed by atoms with Crippen molar-refractivity contribution in [1.29, 1.82) is 0 Å². The van der Waals surface area contributed by atoms with E-state index >= 15 is 0 Å². The summed E-state index contributed by atoms with van der Waals surface area (Å²) in [6.07, 6.45) is -1.43. The predicted octanol–water partition coefficient (Wildman–Crippen LogP) is 3.97. The molecule has 1 aliphatic heterocycles. The van der Waals surface area contributed by atoms with Gasteiger partial charge in [0.25, 0.3) is 5.91 Å². The van der Waals surface area contributed by atoms with Gasteiger partial charge >= 0.3 is 6.18 Å². The van der Waals surface area contributed by atoms with Crippen molar-refractivity contribution >= 4 is 5.91 Å². The van der Waals surface area contributed by atoms with Crippen molar-refractivity contribution in [2.24, 2.45) is 5.73 Å². The van der Waals surface area contributed by atoms with Crippen molar-refractivity contribution in [3.63, 3.8) is 0 Å². The molecule has 146 valence electrons. The number of rotatable bonds is 5. The van der Waals surface area contributed by atoms with E-state index in [1.54, 1.807) is 16.8 Å². The molecule has 3 N–H and O–H groups in total. The van der Waals surface area contributed by atoms with Crippen LogP contribution in [0, 0.1) is 0 Å². The zero-order valence-electron chi connectivity index (χ0n) is 15.1. The Morgan fingerprint density at radius 2 is 2.19 bits per heavy atom. The summed E-state index contributed by atoms with van der Waals surface area (Å²) in [4.78, 5) is 12.7. The van der Waals surface area contributed by atoms with Crippen molar-refractivity contribution in [2.45, 2.75) is 57.4 Å². The molecule has 0 fully saturated rings. The Morgan fingerprint density at radius 3 is 2.85 bits per heavy atom. The molecule has 0 radical (unpaired) electrons. The van der Waals surface area contributed by atoms with Gasteiger partial charge in [-0.05, 0) is 43.0 Å². The Labute approximate surface area is 155 Å². The molecule has 27 heavy (non-hydrogen) atoms. The van der Waals surface area contributed by atoms with Crippen LogP contribution in [0.15, 0.2) is 30.3 Å². The molecule has 0 bridgehead atoms. The smallest absolute Gasteiger partial charge is 0.344 e. The fourth-order valence-electron chi connectivity index (χ4n) is 3.40. The Kier molecular flexibility index (Phi) is 5.55. The molecule has 2 atom stereocenters. The summed E-state index contributed by atoms with van der Waals surface area (Å²) in [6, 6.07) is 6.09. The number of amides is 1. The molecule has 0 saturated heterocycles. The van der Waals surface area contributed by atoms with E-state index in [4.69, 9.17) is 5.73 Å². The highest BCUT2D eigenvalue weighted by Gasteiger charge is 2.31. The lowest BCUT2D eigenvalue weighted by atomic mass is 9.99. The lowest BCUT2D eigenvalue weighted by Gasteiger charge is -2.19. The number of nitrogens with two attached hydrogens (primary N) is 1. The summed E-state index contributed by atoms with van der Waals surface area (Å²) in [5, 5.41) is 7.14. The van der Waals surface area contributed by atoms with Crippen LogP contribution in [0.5, 0.6) is 0 Å². The van der Waals surface area contributed by atoms with Crippen LogP contribution in [0.25, 0.3) is 0 Å². The molecule has 2 aromatic rings. The van der Waals surface area contributed by atoms with Crippen molar-refractivity contribution in [3.8, 4) is 0 Å². The minimum Gasteiger partial charge on any atom is -0.344 e.